The molecular formula is C26H21N7O2. The smallest absolute Gasteiger partial charge is 0.300 e. The van der Waals surface area contributed by atoms with Gasteiger partial charge >= 0.3 is 0 Å². The molecule has 0 aliphatic carbocycles. The Morgan fingerprint density at radius 3 is 2.66 bits per heavy atom. The van der Waals surface area contributed by atoms with Gasteiger partial charge in [0.15, 0.2) is 5.65 Å². The Morgan fingerprint density at radius 1 is 0.943 bits per heavy atom. The fourth-order valence-corrected chi connectivity index (χ4v) is 3.64. The molecule has 9 heteroatoms. The minimum Gasteiger partial charge on any atom is -0.395 e. The maximum atomic E-state index is 12.0. The van der Waals surface area contributed by atoms with E-state index in [9.17, 15) is 4.79 Å². The van der Waals surface area contributed by atoms with Crippen LogP contribution in [0.25, 0.3) is 16.6 Å². The first kappa shape index (κ1) is 22.0. The number of aromatic nitrogens is 5. The SMILES string of the molecule is O=C(C#CCCO)Nc1ccc2ncnc(Nc3ccc(Cc4ccn5ncnc5c4)cc3)c2c1. The average Bonchev–Trinajstić information content (AvgIpc) is 3.34. The van der Waals surface area contributed by atoms with E-state index in [0.717, 1.165) is 34.2 Å². The topological polar surface area (TPSA) is 117 Å². The number of aliphatic hydroxyl groups is 1. The first-order chi connectivity index (χ1) is 17.2. The molecule has 0 atom stereocenters. The molecule has 9 nitrogen and oxygen atoms in total. The maximum Gasteiger partial charge on any atom is 0.300 e. The Labute approximate surface area is 200 Å². The van der Waals surface area contributed by atoms with Gasteiger partial charge in [-0.25, -0.2) is 19.5 Å². The Kier molecular flexibility index (Phi) is 6.28. The van der Waals surface area contributed by atoms with Gasteiger partial charge in [-0.1, -0.05) is 18.1 Å². The van der Waals surface area contributed by atoms with Crippen molar-refractivity contribution >= 4 is 39.6 Å². The van der Waals surface area contributed by atoms with E-state index in [-0.39, 0.29) is 13.0 Å². The number of nitrogens with one attached hydrogen (secondary N) is 2. The number of benzene rings is 2. The lowest BCUT2D eigenvalue weighted by Gasteiger charge is -2.10. The zero-order chi connectivity index (χ0) is 24.0. The molecule has 35 heavy (non-hydrogen) atoms. The van der Waals surface area contributed by atoms with Gasteiger partial charge in [0.05, 0.1) is 12.1 Å². The molecule has 3 heterocycles. The fourth-order valence-electron chi connectivity index (χ4n) is 3.64. The van der Waals surface area contributed by atoms with Crippen LogP contribution < -0.4 is 10.6 Å². The quantitative estimate of drug-likeness (QED) is 0.331. The van der Waals surface area contributed by atoms with E-state index in [1.165, 1.54) is 11.9 Å². The van der Waals surface area contributed by atoms with E-state index in [2.05, 4.69) is 54.7 Å². The first-order valence-corrected chi connectivity index (χ1v) is 11.0. The van der Waals surface area contributed by atoms with Gasteiger partial charge in [0.2, 0.25) is 0 Å². The van der Waals surface area contributed by atoms with Crippen LogP contribution in [0.4, 0.5) is 17.2 Å². The lowest BCUT2D eigenvalue weighted by Crippen LogP contribution is -2.08. The zero-order valence-corrected chi connectivity index (χ0v) is 18.6. The number of nitrogens with zero attached hydrogens (tertiary/aromatic N) is 5. The van der Waals surface area contributed by atoms with Crippen LogP contribution in [0.2, 0.25) is 0 Å². The van der Waals surface area contributed by atoms with Crippen LogP contribution in [0.5, 0.6) is 0 Å². The van der Waals surface area contributed by atoms with Gasteiger partial charge in [-0.05, 0) is 65.9 Å². The molecule has 2 aromatic carbocycles. The number of amides is 1. The van der Waals surface area contributed by atoms with E-state index in [0.29, 0.717) is 11.5 Å². The number of pyridine rings is 1. The van der Waals surface area contributed by atoms with Crippen LogP contribution in [0.3, 0.4) is 0 Å². The average molecular weight is 464 g/mol. The molecule has 3 aromatic heterocycles. The number of carbonyl (C=O) groups excluding carboxylic acids is 1. The molecule has 5 rings (SSSR count). The summed E-state index contributed by atoms with van der Waals surface area (Å²) in [5, 5.41) is 19.8. The molecular weight excluding hydrogens is 442 g/mol. The van der Waals surface area contributed by atoms with E-state index in [4.69, 9.17) is 5.11 Å². The first-order valence-electron chi connectivity index (χ1n) is 11.0. The number of anilines is 3. The molecule has 1 amide bonds. The predicted octanol–water partition coefficient (Wildman–Crippen LogP) is 3.33. The predicted molar refractivity (Wildman–Crippen MR) is 133 cm³/mol. The molecule has 3 N–H and O–H groups in total. The minimum atomic E-state index is -0.442. The third kappa shape index (κ3) is 5.24. The molecule has 0 saturated carbocycles. The monoisotopic (exact) mass is 463 g/mol. The number of hydrogen-bond acceptors (Lipinski definition) is 7. The van der Waals surface area contributed by atoms with Gasteiger partial charge in [0.25, 0.3) is 5.91 Å². The summed E-state index contributed by atoms with van der Waals surface area (Å²) in [5.41, 5.74) is 5.35. The van der Waals surface area contributed by atoms with Gasteiger partial charge in [-0.2, -0.15) is 5.10 Å². The Morgan fingerprint density at radius 2 is 1.80 bits per heavy atom. The standard InChI is InChI=1S/C26H21N7O2/c34-12-2-1-3-25(35)31-21-8-9-23-22(15-21)26(29-16-27-23)32-20-6-4-18(5-7-20)13-19-10-11-33-24(14-19)28-17-30-33/h4-11,14-17,34H,2,12-13H2,(H,31,35)(H,27,29,32). The second-order valence-corrected chi connectivity index (χ2v) is 7.78. The van der Waals surface area contributed by atoms with E-state index in [1.54, 1.807) is 23.0 Å². The van der Waals surface area contributed by atoms with Crippen LogP contribution >= 0.6 is 0 Å². The summed E-state index contributed by atoms with van der Waals surface area (Å²) < 4.78 is 1.74. The Hall–Kier alpha value is -4.81. The molecule has 172 valence electrons. The summed E-state index contributed by atoms with van der Waals surface area (Å²) in [5.74, 6) is 5.24. The molecule has 0 saturated heterocycles. The Bertz CT molecular complexity index is 1570. The van der Waals surface area contributed by atoms with E-state index < -0.39 is 5.91 Å². The molecule has 0 fully saturated rings. The summed E-state index contributed by atoms with van der Waals surface area (Å²) in [6.07, 6.45) is 5.98. The lowest BCUT2D eigenvalue weighted by atomic mass is 10.1. The van der Waals surface area contributed by atoms with Gasteiger partial charge < -0.3 is 15.7 Å². The maximum absolute atomic E-state index is 12.0. The van der Waals surface area contributed by atoms with Crippen molar-refractivity contribution in [1.82, 2.24) is 24.6 Å². The molecule has 0 aliphatic heterocycles. The van der Waals surface area contributed by atoms with Crippen LogP contribution in [0.1, 0.15) is 17.5 Å². The highest BCUT2D eigenvalue weighted by Gasteiger charge is 2.08. The second kappa shape index (κ2) is 9.99. The van der Waals surface area contributed by atoms with Gasteiger partial charge in [-0.15, -0.1) is 0 Å². The number of fused-ring (bicyclic) bond motifs is 2. The van der Waals surface area contributed by atoms with Crippen molar-refractivity contribution in [2.45, 2.75) is 12.8 Å². The molecule has 0 radical (unpaired) electrons. The molecule has 0 bridgehead atoms. The molecule has 0 unspecified atom stereocenters. The van der Waals surface area contributed by atoms with Gasteiger partial charge in [0.1, 0.15) is 18.5 Å². The van der Waals surface area contributed by atoms with Gasteiger partial charge in [0, 0.05) is 29.4 Å². The third-order valence-corrected chi connectivity index (χ3v) is 5.30. The highest BCUT2D eigenvalue weighted by atomic mass is 16.2. The minimum absolute atomic E-state index is 0.0809. The lowest BCUT2D eigenvalue weighted by molar-refractivity contribution is -0.111. The Balaban J connectivity index is 1.32. The summed E-state index contributed by atoms with van der Waals surface area (Å²) in [6.45, 7) is -0.0809. The number of carbonyl (C=O) groups is 1. The summed E-state index contributed by atoms with van der Waals surface area (Å²) in [6, 6.07) is 17.6. The third-order valence-electron chi connectivity index (χ3n) is 5.30. The summed E-state index contributed by atoms with van der Waals surface area (Å²) >= 11 is 0. The highest BCUT2D eigenvalue weighted by Crippen LogP contribution is 2.26. The molecule has 5 aromatic rings. The van der Waals surface area contributed by atoms with Crippen molar-refractivity contribution in [3.63, 3.8) is 0 Å². The number of rotatable bonds is 6. The summed E-state index contributed by atoms with van der Waals surface area (Å²) in [4.78, 5) is 24.9. The van der Waals surface area contributed by atoms with Crippen LogP contribution in [0, 0.1) is 11.8 Å². The van der Waals surface area contributed by atoms with E-state index >= 15 is 0 Å². The molecule has 0 spiro atoms. The number of aliphatic hydroxyl groups excluding tert-OH is 1. The molecule has 0 aliphatic rings. The summed E-state index contributed by atoms with van der Waals surface area (Å²) in [7, 11) is 0. The van der Waals surface area contributed by atoms with Crippen LogP contribution in [-0.4, -0.2) is 42.2 Å². The second-order valence-electron chi connectivity index (χ2n) is 7.78. The zero-order valence-electron chi connectivity index (χ0n) is 18.6. The van der Waals surface area contributed by atoms with Crippen molar-refractivity contribution in [3.05, 3.63) is 84.6 Å². The fraction of sp³-hybridized carbons (Fsp3) is 0.115. The van der Waals surface area contributed by atoms with Crippen molar-refractivity contribution < 1.29 is 9.90 Å². The number of hydrogen-bond donors (Lipinski definition) is 3. The van der Waals surface area contributed by atoms with Crippen molar-refractivity contribution in [2.24, 2.45) is 0 Å². The van der Waals surface area contributed by atoms with Gasteiger partial charge in [-0.3, -0.25) is 4.79 Å². The highest BCUT2D eigenvalue weighted by molar-refractivity contribution is 6.05. The van der Waals surface area contributed by atoms with Crippen molar-refractivity contribution in [3.8, 4) is 11.8 Å². The van der Waals surface area contributed by atoms with Crippen molar-refractivity contribution in [1.29, 1.82) is 0 Å². The van der Waals surface area contributed by atoms with E-state index in [1.807, 2.05) is 36.5 Å². The van der Waals surface area contributed by atoms with Crippen LogP contribution in [-0.2, 0) is 11.2 Å². The van der Waals surface area contributed by atoms with Crippen LogP contribution in [0.15, 0.2) is 73.4 Å². The van der Waals surface area contributed by atoms with Crippen molar-refractivity contribution in [2.75, 3.05) is 17.2 Å². The largest absolute Gasteiger partial charge is 0.395 e. The normalized spacial score (nSPS) is 10.7.